The Labute approximate surface area is 88.5 Å². The van der Waals surface area contributed by atoms with Gasteiger partial charge < -0.3 is 0 Å². The highest BCUT2D eigenvalue weighted by atomic mass is 79.9. The van der Waals surface area contributed by atoms with E-state index in [-0.39, 0.29) is 0 Å². The van der Waals surface area contributed by atoms with Crippen molar-refractivity contribution in [1.29, 1.82) is 0 Å². The smallest absolute Gasteiger partial charge is 0.264 e. The molecule has 0 aliphatic heterocycles. The standard InChI is InChI=1S/C5H3BrClN.H2O4S/c6-5-3-4(7)1-2-8-5;1-5(2,3)4/h1-3H;(H2,1,2,3,4). The van der Waals surface area contributed by atoms with Crippen molar-refractivity contribution in [2.75, 3.05) is 0 Å². The van der Waals surface area contributed by atoms with Gasteiger partial charge >= 0.3 is 10.4 Å². The zero-order valence-electron chi connectivity index (χ0n) is 6.05. The summed E-state index contributed by atoms with van der Waals surface area (Å²) in [4.78, 5) is 3.87. The highest BCUT2D eigenvalue weighted by molar-refractivity contribution is 9.10. The van der Waals surface area contributed by atoms with Crippen LogP contribution < -0.4 is 0 Å². The van der Waals surface area contributed by atoms with Crippen molar-refractivity contribution in [3.05, 3.63) is 28.0 Å². The summed E-state index contributed by atoms with van der Waals surface area (Å²) in [7, 11) is -4.67. The third-order valence-corrected chi connectivity index (χ3v) is 1.36. The maximum atomic E-state index is 8.74. The van der Waals surface area contributed by atoms with Crippen molar-refractivity contribution < 1.29 is 17.5 Å². The predicted octanol–water partition coefficient (Wildman–Crippen LogP) is 1.84. The van der Waals surface area contributed by atoms with Crippen LogP contribution >= 0.6 is 27.5 Å². The van der Waals surface area contributed by atoms with E-state index in [9.17, 15) is 0 Å². The average molecular weight is 291 g/mol. The molecule has 0 amide bonds. The SMILES string of the molecule is Clc1ccnc(Br)c1.O=S(=O)(O)O. The highest BCUT2D eigenvalue weighted by Crippen LogP contribution is 2.11. The number of hydrogen-bond donors (Lipinski definition) is 2. The molecule has 1 rings (SSSR count). The molecule has 8 heteroatoms. The Morgan fingerprint density at radius 1 is 1.46 bits per heavy atom. The number of pyridine rings is 1. The van der Waals surface area contributed by atoms with E-state index in [0.717, 1.165) is 4.60 Å². The van der Waals surface area contributed by atoms with Crippen LogP contribution in [0.3, 0.4) is 0 Å². The fourth-order valence-electron chi connectivity index (χ4n) is 0.379. The van der Waals surface area contributed by atoms with Gasteiger partial charge in [0.1, 0.15) is 4.60 Å². The molecule has 0 aliphatic carbocycles. The summed E-state index contributed by atoms with van der Waals surface area (Å²) >= 11 is 8.74. The highest BCUT2D eigenvalue weighted by Gasteiger charge is 1.86. The van der Waals surface area contributed by atoms with Crippen LogP contribution in [0.4, 0.5) is 0 Å². The van der Waals surface area contributed by atoms with Crippen LogP contribution in [-0.4, -0.2) is 22.5 Å². The van der Waals surface area contributed by atoms with Crippen LogP contribution in [0.5, 0.6) is 0 Å². The molecule has 74 valence electrons. The fourth-order valence-corrected chi connectivity index (χ4v) is 1.04. The van der Waals surface area contributed by atoms with Gasteiger partial charge in [0, 0.05) is 11.2 Å². The summed E-state index contributed by atoms with van der Waals surface area (Å²) in [6, 6.07) is 3.47. The Bertz CT molecular complexity index is 343. The maximum absolute atomic E-state index is 8.74. The van der Waals surface area contributed by atoms with Gasteiger partial charge in [-0.3, -0.25) is 9.11 Å². The molecular weight excluding hydrogens is 285 g/mol. The van der Waals surface area contributed by atoms with E-state index < -0.39 is 10.4 Å². The number of nitrogens with zero attached hydrogens (tertiary/aromatic N) is 1. The largest absolute Gasteiger partial charge is 0.394 e. The molecule has 1 aromatic rings. The van der Waals surface area contributed by atoms with E-state index in [1.807, 2.05) is 0 Å². The lowest BCUT2D eigenvalue weighted by Crippen LogP contribution is -1.89. The molecule has 5 nitrogen and oxygen atoms in total. The second kappa shape index (κ2) is 5.51. The first kappa shape index (κ1) is 12.8. The summed E-state index contributed by atoms with van der Waals surface area (Å²) in [5.41, 5.74) is 0. The molecule has 0 aliphatic rings. The van der Waals surface area contributed by atoms with Crippen molar-refractivity contribution in [2.24, 2.45) is 0 Å². The molecule has 0 saturated heterocycles. The molecule has 0 aromatic carbocycles. The van der Waals surface area contributed by atoms with Gasteiger partial charge in [-0.15, -0.1) is 0 Å². The van der Waals surface area contributed by atoms with Crippen LogP contribution in [-0.2, 0) is 10.4 Å². The van der Waals surface area contributed by atoms with Gasteiger partial charge in [-0.05, 0) is 28.1 Å². The van der Waals surface area contributed by atoms with E-state index >= 15 is 0 Å². The number of rotatable bonds is 0. The van der Waals surface area contributed by atoms with Gasteiger partial charge in [0.05, 0.1) is 0 Å². The van der Waals surface area contributed by atoms with E-state index in [1.54, 1.807) is 18.3 Å². The molecule has 1 aromatic heterocycles. The minimum atomic E-state index is -4.67. The summed E-state index contributed by atoms with van der Waals surface area (Å²) in [6.45, 7) is 0. The second-order valence-electron chi connectivity index (χ2n) is 1.74. The first-order chi connectivity index (χ1) is 5.79. The molecule has 0 spiro atoms. The Kier molecular flexibility index (Phi) is 5.42. The van der Waals surface area contributed by atoms with Crippen molar-refractivity contribution in [3.63, 3.8) is 0 Å². The second-order valence-corrected chi connectivity index (χ2v) is 3.89. The van der Waals surface area contributed by atoms with Crippen LogP contribution in [0.1, 0.15) is 0 Å². The lowest BCUT2D eigenvalue weighted by Gasteiger charge is -1.86. The molecular formula is C5H5BrClNO4S. The van der Waals surface area contributed by atoms with Gasteiger partial charge in [-0.25, -0.2) is 4.98 Å². The average Bonchev–Trinajstić information content (AvgIpc) is 1.81. The van der Waals surface area contributed by atoms with Crippen LogP contribution in [0, 0.1) is 0 Å². The summed E-state index contributed by atoms with van der Waals surface area (Å²) in [6.07, 6.45) is 1.65. The molecule has 0 atom stereocenters. The number of aromatic nitrogens is 1. The lowest BCUT2D eigenvalue weighted by molar-refractivity contribution is 0.381. The maximum Gasteiger partial charge on any atom is 0.394 e. The monoisotopic (exact) mass is 289 g/mol. The summed E-state index contributed by atoms with van der Waals surface area (Å²) in [5, 5.41) is 0.701. The first-order valence-electron chi connectivity index (χ1n) is 2.76. The molecule has 0 fully saturated rings. The summed E-state index contributed by atoms with van der Waals surface area (Å²) in [5.74, 6) is 0. The van der Waals surface area contributed by atoms with Gasteiger partial charge in [-0.1, -0.05) is 11.6 Å². The predicted molar refractivity (Wildman–Crippen MR) is 51.1 cm³/mol. The number of hydrogen-bond acceptors (Lipinski definition) is 3. The van der Waals surface area contributed by atoms with Crippen LogP contribution in [0.2, 0.25) is 5.02 Å². The molecule has 0 unspecified atom stereocenters. The van der Waals surface area contributed by atoms with Gasteiger partial charge in [0.15, 0.2) is 0 Å². The topological polar surface area (TPSA) is 87.5 Å². The Morgan fingerprint density at radius 3 is 2.15 bits per heavy atom. The quantitative estimate of drug-likeness (QED) is 0.562. The Hall–Kier alpha value is -0.210. The minimum Gasteiger partial charge on any atom is -0.264 e. The van der Waals surface area contributed by atoms with Crippen molar-refractivity contribution >= 4 is 37.9 Å². The first-order valence-corrected chi connectivity index (χ1v) is 5.33. The summed E-state index contributed by atoms with van der Waals surface area (Å²) < 4.78 is 32.4. The number of halogens is 2. The molecule has 13 heavy (non-hydrogen) atoms. The van der Waals surface area contributed by atoms with Crippen molar-refractivity contribution in [1.82, 2.24) is 4.98 Å². The molecule has 2 N–H and O–H groups in total. The van der Waals surface area contributed by atoms with E-state index in [4.69, 9.17) is 29.1 Å². The third-order valence-electron chi connectivity index (χ3n) is 0.689. The zero-order valence-corrected chi connectivity index (χ0v) is 9.21. The van der Waals surface area contributed by atoms with Crippen LogP contribution in [0.15, 0.2) is 22.9 Å². The normalized spacial score (nSPS) is 10.2. The minimum absolute atomic E-state index is 0.701. The van der Waals surface area contributed by atoms with E-state index in [0.29, 0.717) is 5.02 Å². The Balaban J connectivity index is 0.000000252. The molecule has 0 saturated carbocycles. The van der Waals surface area contributed by atoms with Crippen molar-refractivity contribution in [3.8, 4) is 0 Å². The van der Waals surface area contributed by atoms with Crippen molar-refractivity contribution in [2.45, 2.75) is 0 Å². The molecule has 1 heterocycles. The van der Waals surface area contributed by atoms with Crippen LogP contribution in [0.25, 0.3) is 0 Å². The molecule has 0 bridgehead atoms. The fraction of sp³-hybridized carbons (Fsp3) is 0. The van der Waals surface area contributed by atoms with Gasteiger partial charge in [0.25, 0.3) is 0 Å². The van der Waals surface area contributed by atoms with Gasteiger partial charge in [-0.2, -0.15) is 8.42 Å². The third kappa shape index (κ3) is 11.8. The Morgan fingerprint density at radius 2 is 1.92 bits per heavy atom. The van der Waals surface area contributed by atoms with Gasteiger partial charge in [0.2, 0.25) is 0 Å². The lowest BCUT2D eigenvalue weighted by atomic mass is 10.5. The molecule has 0 radical (unpaired) electrons. The zero-order chi connectivity index (χ0) is 10.5. The van der Waals surface area contributed by atoms with E-state index in [2.05, 4.69) is 20.9 Å². The van der Waals surface area contributed by atoms with E-state index in [1.165, 1.54) is 0 Å².